The highest BCUT2D eigenvalue weighted by atomic mass is 16.5. The Morgan fingerprint density at radius 2 is 2.15 bits per heavy atom. The lowest BCUT2D eigenvalue weighted by Crippen LogP contribution is -2.43. The van der Waals surface area contributed by atoms with Gasteiger partial charge in [0.25, 0.3) is 0 Å². The molecule has 0 spiro atoms. The molecule has 2 atom stereocenters. The van der Waals surface area contributed by atoms with E-state index in [2.05, 4.69) is 5.32 Å². The SMILES string of the molecule is COCC(O)CNCC(C)(O)CO. The van der Waals surface area contributed by atoms with E-state index in [0.29, 0.717) is 6.54 Å². The lowest BCUT2D eigenvalue weighted by molar-refractivity contribution is -0.00177. The summed E-state index contributed by atoms with van der Waals surface area (Å²) in [5, 5.41) is 30.0. The molecule has 13 heavy (non-hydrogen) atoms. The molecule has 0 heterocycles. The summed E-state index contributed by atoms with van der Waals surface area (Å²) in [7, 11) is 1.51. The first-order valence-electron chi connectivity index (χ1n) is 4.23. The zero-order chi connectivity index (χ0) is 10.3. The van der Waals surface area contributed by atoms with Crippen LogP contribution in [0, 0.1) is 0 Å². The molecule has 5 heteroatoms. The van der Waals surface area contributed by atoms with Crippen molar-refractivity contribution < 1.29 is 20.1 Å². The van der Waals surface area contributed by atoms with Crippen LogP contribution < -0.4 is 5.32 Å². The highest BCUT2D eigenvalue weighted by Gasteiger charge is 2.18. The third-order valence-electron chi connectivity index (χ3n) is 1.59. The van der Waals surface area contributed by atoms with Crippen LogP contribution >= 0.6 is 0 Å². The molecule has 2 unspecified atom stereocenters. The maximum atomic E-state index is 9.34. The third kappa shape index (κ3) is 6.92. The Morgan fingerprint density at radius 3 is 2.62 bits per heavy atom. The number of nitrogens with one attached hydrogen (secondary N) is 1. The van der Waals surface area contributed by atoms with Gasteiger partial charge in [-0.2, -0.15) is 0 Å². The van der Waals surface area contributed by atoms with Crippen LogP contribution in [-0.2, 0) is 4.74 Å². The second-order valence-corrected chi connectivity index (χ2v) is 3.40. The smallest absolute Gasteiger partial charge is 0.0972 e. The quantitative estimate of drug-likeness (QED) is 0.388. The predicted molar refractivity (Wildman–Crippen MR) is 48.5 cm³/mol. The molecular formula is C8H19NO4. The van der Waals surface area contributed by atoms with Crippen molar-refractivity contribution >= 4 is 0 Å². The second kappa shape index (κ2) is 6.28. The third-order valence-corrected chi connectivity index (χ3v) is 1.59. The monoisotopic (exact) mass is 193 g/mol. The molecule has 0 rings (SSSR count). The van der Waals surface area contributed by atoms with Gasteiger partial charge in [-0.05, 0) is 6.92 Å². The first-order chi connectivity index (χ1) is 6.02. The molecule has 0 amide bonds. The van der Waals surface area contributed by atoms with Crippen LogP contribution in [0.3, 0.4) is 0 Å². The summed E-state index contributed by atoms with van der Waals surface area (Å²) in [6.07, 6.45) is -0.584. The van der Waals surface area contributed by atoms with E-state index in [9.17, 15) is 10.2 Å². The summed E-state index contributed by atoms with van der Waals surface area (Å²) in [5.74, 6) is 0. The van der Waals surface area contributed by atoms with Gasteiger partial charge in [-0.15, -0.1) is 0 Å². The summed E-state index contributed by atoms with van der Waals surface area (Å²) in [6.45, 7) is 2.05. The van der Waals surface area contributed by atoms with Crippen molar-refractivity contribution in [2.75, 3.05) is 33.4 Å². The predicted octanol–water partition coefficient (Wildman–Crippen LogP) is -1.67. The van der Waals surface area contributed by atoms with Crippen molar-refractivity contribution in [2.24, 2.45) is 0 Å². The van der Waals surface area contributed by atoms with Crippen molar-refractivity contribution in [3.8, 4) is 0 Å². The van der Waals surface area contributed by atoms with Crippen LogP contribution in [0.25, 0.3) is 0 Å². The van der Waals surface area contributed by atoms with E-state index >= 15 is 0 Å². The molecular weight excluding hydrogens is 174 g/mol. The molecule has 80 valence electrons. The van der Waals surface area contributed by atoms with Gasteiger partial charge in [0.05, 0.1) is 24.9 Å². The van der Waals surface area contributed by atoms with Crippen LogP contribution in [0.4, 0.5) is 0 Å². The van der Waals surface area contributed by atoms with Crippen LogP contribution in [-0.4, -0.2) is 60.4 Å². The van der Waals surface area contributed by atoms with E-state index in [0.717, 1.165) is 0 Å². The Labute approximate surface area is 78.3 Å². The van der Waals surface area contributed by atoms with Crippen molar-refractivity contribution in [3.05, 3.63) is 0 Å². The summed E-state index contributed by atoms with van der Waals surface area (Å²) in [5.41, 5.74) is -1.13. The number of methoxy groups -OCH3 is 1. The zero-order valence-corrected chi connectivity index (χ0v) is 8.16. The molecule has 0 aliphatic heterocycles. The first-order valence-corrected chi connectivity index (χ1v) is 4.23. The first kappa shape index (κ1) is 12.8. The number of aliphatic hydroxyl groups excluding tert-OH is 2. The standard InChI is InChI=1S/C8H19NO4/c1-8(12,6-10)5-9-3-7(11)4-13-2/h7,9-12H,3-6H2,1-2H3. The van der Waals surface area contributed by atoms with Gasteiger partial charge >= 0.3 is 0 Å². The number of hydrogen-bond acceptors (Lipinski definition) is 5. The Morgan fingerprint density at radius 1 is 1.54 bits per heavy atom. The number of hydrogen-bond donors (Lipinski definition) is 4. The fourth-order valence-corrected chi connectivity index (χ4v) is 0.815. The normalized spacial score (nSPS) is 18.2. The van der Waals surface area contributed by atoms with Gasteiger partial charge in [-0.1, -0.05) is 0 Å². The van der Waals surface area contributed by atoms with Crippen molar-refractivity contribution in [1.29, 1.82) is 0 Å². The summed E-state index contributed by atoms with van der Waals surface area (Å²) in [4.78, 5) is 0. The van der Waals surface area contributed by atoms with Crippen molar-refractivity contribution in [2.45, 2.75) is 18.6 Å². The maximum Gasteiger partial charge on any atom is 0.0972 e. The summed E-state index contributed by atoms with van der Waals surface area (Å²) >= 11 is 0. The van der Waals surface area contributed by atoms with Gasteiger partial charge < -0.3 is 25.4 Å². The Kier molecular flexibility index (Phi) is 6.19. The molecule has 0 aromatic heterocycles. The van der Waals surface area contributed by atoms with Crippen molar-refractivity contribution in [3.63, 3.8) is 0 Å². The van der Waals surface area contributed by atoms with Gasteiger partial charge in [0, 0.05) is 20.2 Å². The van der Waals surface area contributed by atoms with E-state index in [-0.39, 0.29) is 19.8 Å². The summed E-state index contributed by atoms with van der Waals surface area (Å²) in [6, 6.07) is 0. The Hall–Kier alpha value is -0.200. The molecule has 5 nitrogen and oxygen atoms in total. The van der Waals surface area contributed by atoms with Crippen molar-refractivity contribution in [1.82, 2.24) is 5.32 Å². The van der Waals surface area contributed by atoms with E-state index in [1.165, 1.54) is 14.0 Å². The number of rotatable bonds is 7. The van der Waals surface area contributed by atoms with E-state index in [4.69, 9.17) is 9.84 Å². The molecule has 0 saturated carbocycles. The van der Waals surface area contributed by atoms with Gasteiger partial charge in [0.15, 0.2) is 0 Å². The largest absolute Gasteiger partial charge is 0.393 e. The fourth-order valence-electron chi connectivity index (χ4n) is 0.815. The van der Waals surface area contributed by atoms with E-state index in [1.54, 1.807) is 0 Å². The lowest BCUT2D eigenvalue weighted by Gasteiger charge is -2.21. The lowest BCUT2D eigenvalue weighted by atomic mass is 10.1. The summed E-state index contributed by atoms with van der Waals surface area (Å²) < 4.78 is 4.71. The van der Waals surface area contributed by atoms with E-state index < -0.39 is 11.7 Å². The van der Waals surface area contributed by atoms with Crippen LogP contribution in [0.1, 0.15) is 6.92 Å². The molecule has 0 aromatic carbocycles. The highest BCUT2D eigenvalue weighted by Crippen LogP contribution is 1.98. The van der Waals surface area contributed by atoms with Crippen LogP contribution in [0.5, 0.6) is 0 Å². The average molecular weight is 193 g/mol. The van der Waals surface area contributed by atoms with Gasteiger partial charge in [0.1, 0.15) is 0 Å². The Balaban J connectivity index is 3.44. The maximum absolute atomic E-state index is 9.34. The Bertz CT molecular complexity index is 129. The molecule has 0 bridgehead atoms. The number of aliphatic hydroxyl groups is 3. The van der Waals surface area contributed by atoms with Crippen LogP contribution in [0.2, 0.25) is 0 Å². The second-order valence-electron chi connectivity index (χ2n) is 3.40. The van der Waals surface area contributed by atoms with E-state index in [1.807, 2.05) is 0 Å². The molecule has 0 aliphatic carbocycles. The average Bonchev–Trinajstić information content (AvgIpc) is 2.05. The molecule has 0 aromatic rings. The molecule has 0 aliphatic rings. The highest BCUT2D eigenvalue weighted by molar-refractivity contribution is 4.74. The topological polar surface area (TPSA) is 82.0 Å². The number of ether oxygens (including phenoxy) is 1. The zero-order valence-electron chi connectivity index (χ0n) is 8.16. The molecule has 0 fully saturated rings. The fraction of sp³-hybridized carbons (Fsp3) is 1.00. The molecule has 0 saturated heterocycles. The molecule has 4 N–H and O–H groups in total. The van der Waals surface area contributed by atoms with Gasteiger partial charge in [-0.3, -0.25) is 0 Å². The molecule has 0 radical (unpaired) electrons. The minimum absolute atomic E-state index is 0.240. The van der Waals surface area contributed by atoms with Gasteiger partial charge in [0.2, 0.25) is 0 Å². The minimum Gasteiger partial charge on any atom is -0.393 e. The minimum atomic E-state index is -1.13. The van der Waals surface area contributed by atoms with Crippen LogP contribution in [0.15, 0.2) is 0 Å². The van der Waals surface area contributed by atoms with Gasteiger partial charge in [-0.25, -0.2) is 0 Å².